The number of oxazole rings is 1. The van der Waals surface area contributed by atoms with Crippen molar-refractivity contribution in [2.75, 3.05) is 13.1 Å². The zero-order valence-electron chi connectivity index (χ0n) is 8.26. The molecule has 72 valence electrons. The van der Waals surface area contributed by atoms with Gasteiger partial charge in [-0.3, -0.25) is 0 Å². The Hall–Kier alpha value is -0.830. The van der Waals surface area contributed by atoms with E-state index in [1.807, 2.05) is 13.8 Å². The molecule has 3 nitrogen and oxygen atoms in total. The first-order chi connectivity index (χ1) is 6.27. The maximum absolute atomic E-state index is 5.44. The molecule has 0 amide bonds. The third kappa shape index (κ3) is 1.75. The first-order valence-electron chi connectivity index (χ1n) is 4.92. The van der Waals surface area contributed by atoms with Crippen LogP contribution in [0.25, 0.3) is 0 Å². The molecule has 0 aromatic carbocycles. The summed E-state index contributed by atoms with van der Waals surface area (Å²) in [5, 5.41) is 3.35. The molecular formula is C10H16N2O. The minimum Gasteiger partial charge on any atom is -0.446 e. The Labute approximate surface area is 78.5 Å². The molecule has 1 aliphatic heterocycles. The van der Waals surface area contributed by atoms with E-state index in [-0.39, 0.29) is 0 Å². The van der Waals surface area contributed by atoms with E-state index in [4.69, 9.17) is 4.42 Å². The Morgan fingerprint density at radius 3 is 2.54 bits per heavy atom. The van der Waals surface area contributed by atoms with Gasteiger partial charge in [-0.05, 0) is 32.9 Å². The first kappa shape index (κ1) is 8.75. The molecule has 1 aliphatic rings. The maximum atomic E-state index is 5.44. The topological polar surface area (TPSA) is 38.1 Å². The van der Waals surface area contributed by atoms with Crippen molar-refractivity contribution in [2.45, 2.75) is 32.6 Å². The standard InChI is InChI=1S/C10H16N2O/c1-7-10(12-8(2)13-7)9-3-5-11-6-4-9/h9,11H,3-6H2,1-2H3. The molecule has 2 heterocycles. The largest absolute Gasteiger partial charge is 0.446 e. The van der Waals surface area contributed by atoms with Gasteiger partial charge in [-0.15, -0.1) is 0 Å². The van der Waals surface area contributed by atoms with Crippen LogP contribution in [0.15, 0.2) is 4.42 Å². The highest BCUT2D eigenvalue weighted by Gasteiger charge is 2.20. The highest BCUT2D eigenvalue weighted by Crippen LogP contribution is 2.27. The minimum absolute atomic E-state index is 0.610. The van der Waals surface area contributed by atoms with Crippen LogP contribution < -0.4 is 5.32 Å². The highest BCUT2D eigenvalue weighted by atomic mass is 16.4. The Morgan fingerprint density at radius 2 is 2.00 bits per heavy atom. The van der Waals surface area contributed by atoms with E-state index >= 15 is 0 Å². The number of hydrogen-bond acceptors (Lipinski definition) is 3. The van der Waals surface area contributed by atoms with E-state index in [1.165, 1.54) is 18.5 Å². The fraction of sp³-hybridized carbons (Fsp3) is 0.700. The summed E-state index contributed by atoms with van der Waals surface area (Å²) in [6, 6.07) is 0. The Kier molecular flexibility index (Phi) is 2.36. The number of nitrogens with one attached hydrogen (secondary N) is 1. The number of piperidine rings is 1. The molecule has 1 aromatic rings. The molecule has 3 heteroatoms. The van der Waals surface area contributed by atoms with Crippen LogP contribution >= 0.6 is 0 Å². The van der Waals surface area contributed by atoms with E-state index in [9.17, 15) is 0 Å². The van der Waals surface area contributed by atoms with Gasteiger partial charge in [0.25, 0.3) is 0 Å². The third-order valence-corrected chi connectivity index (χ3v) is 2.67. The normalized spacial score (nSPS) is 19.2. The predicted octanol–water partition coefficient (Wildman–Crippen LogP) is 1.76. The van der Waals surface area contributed by atoms with Crippen molar-refractivity contribution in [3.63, 3.8) is 0 Å². The Bertz CT molecular complexity index is 287. The van der Waals surface area contributed by atoms with Crippen LogP contribution in [0.2, 0.25) is 0 Å². The van der Waals surface area contributed by atoms with Crippen LogP contribution in [-0.2, 0) is 0 Å². The summed E-state index contributed by atoms with van der Waals surface area (Å²) in [5.41, 5.74) is 1.18. The molecule has 0 bridgehead atoms. The number of hydrogen-bond donors (Lipinski definition) is 1. The Morgan fingerprint density at radius 1 is 1.31 bits per heavy atom. The predicted molar refractivity (Wildman–Crippen MR) is 50.8 cm³/mol. The van der Waals surface area contributed by atoms with Crippen LogP contribution in [0.3, 0.4) is 0 Å². The van der Waals surface area contributed by atoms with Crippen molar-refractivity contribution in [2.24, 2.45) is 0 Å². The molecule has 0 aliphatic carbocycles. The molecule has 0 saturated carbocycles. The summed E-state index contributed by atoms with van der Waals surface area (Å²) in [6.07, 6.45) is 2.37. The number of nitrogens with zero attached hydrogens (tertiary/aromatic N) is 1. The van der Waals surface area contributed by atoms with Crippen molar-refractivity contribution in [1.82, 2.24) is 10.3 Å². The van der Waals surface area contributed by atoms with Gasteiger partial charge >= 0.3 is 0 Å². The van der Waals surface area contributed by atoms with Gasteiger partial charge in [0.1, 0.15) is 5.76 Å². The molecule has 1 aromatic heterocycles. The highest BCUT2D eigenvalue weighted by molar-refractivity contribution is 5.14. The lowest BCUT2D eigenvalue weighted by Crippen LogP contribution is -2.27. The number of aryl methyl sites for hydroxylation is 2. The van der Waals surface area contributed by atoms with E-state index in [2.05, 4.69) is 10.3 Å². The monoisotopic (exact) mass is 180 g/mol. The van der Waals surface area contributed by atoms with Gasteiger partial charge < -0.3 is 9.73 Å². The molecule has 1 saturated heterocycles. The second-order valence-electron chi connectivity index (χ2n) is 3.70. The van der Waals surface area contributed by atoms with E-state index in [1.54, 1.807) is 0 Å². The molecule has 1 fully saturated rings. The first-order valence-corrected chi connectivity index (χ1v) is 4.92. The summed E-state index contributed by atoms with van der Waals surface area (Å²) >= 11 is 0. The molecule has 0 spiro atoms. The van der Waals surface area contributed by atoms with E-state index in [0.29, 0.717) is 5.92 Å². The number of aromatic nitrogens is 1. The van der Waals surface area contributed by atoms with E-state index < -0.39 is 0 Å². The quantitative estimate of drug-likeness (QED) is 0.715. The van der Waals surface area contributed by atoms with Crippen molar-refractivity contribution < 1.29 is 4.42 Å². The van der Waals surface area contributed by atoms with Gasteiger partial charge in [0.2, 0.25) is 0 Å². The second-order valence-corrected chi connectivity index (χ2v) is 3.70. The van der Waals surface area contributed by atoms with Gasteiger partial charge in [-0.25, -0.2) is 4.98 Å². The van der Waals surface area contributed by atoms with Crippen LogP contribution in [-0.4, -0.2) is 18.1 Å². The average Bonchev–Trinajstić information content (AvgIpc) is 2.47. The molecule has 13 heavy (non-hydrogen) atoms. The lowest BCUT2D eigenvalue weighted by molar-refractivity contribution is 0.445. The Balaban J connectivity index is 2.18. The fourth-order valence-corrected chi connectivity index (χ4v) is 2.02. The molecule has 0 atom stereocenters. The fourth-order valence-electron chi connectivity index (χ4n) is 2.02. The van der Waals surface area contributed by atoms with Crippen LogP contribution in [0.5, 0.6) is 0 Å². The third-order valence-electron chi connectivity index (χ3n) is 2.67. The molecular weight excluding hydrogens is 164 g/mol. The van der Waals surface area contributed by atoms with Gasteiger partial charge in [0.05, 0.1) is 5.69 Å². The zero-order chi connectivity index (χ0) is 9.26. The van der Waals surface area contributed by atoms with Gasteiger partial charge in [-0.2, -0.15) is 0 Å². The SMILES string of the molecule is Cc1nc(C2CCNCC2)c(C)o1. The summed E-state index contributed by atoms with van der Waals surface area (Å²) in [5.74, 6) is 2.41. The maximum Gasteiger partial charge on any atom is 0.191 e. The minimum atomic E-state index is 0.610. The molecule has 0 unspecified atom stereocenters. The van der Waals surface area contributed by atoms with Crippen LogP contribution in [0.4, 0.5) is 0 Å². The van der Waals surface area contributed by atoms with Gasteiger partial charge in [-0.1, -0.05) is 0 Å². The summed E-state index contributed by atoms with van der Waals surface area (Å²) < 4.78 is 5.44. The van der Waals surface area contributed by atoms with E-state index in [0.717, 1.165) is 24.7 Å². The van der Waals surface area contributed by atoms with Gasteiger partial charge in [0.15, 0.2) is 5.89 Å². The number of rotatable bonds is 1. The molecule has 0 radical (unpaired) electrons. The average molecular weight is 180 g/mol. The van der Waals surface area contributed by atoms with Crippen molar-refractivity contribution in [3.05, 3.63) is 17.3 Å². The summed E-state index contributed by atoms with van der Waals surface area (Å²) in [4.78, 5) is 4.44. The summed E-state index contributed by atoms with van der Waals surface area (Å²) in [6.45, 7) is 6.14. The zero-order valence-corrected chi connectivity index (χ0v) is 8.26. The molecule has 1 N–H and O–H groups in total. The smallest absolute Gasteiger partial charge is 0.191 e. The van der Waals surface area contributed by atoms with Crippen molar-refractivity contribution in [3.8, 4) is 0 Å². The molecule has 2 rings (SSSR count). The second kappa shape index (κ2) is 3.50. The van der Waals surface area contributed by atoms with Crippen molar-refractivity contribution in [1.29, 1.82) is 0 Å². The van der Waals surface area contributed by atoms with Crippen LogP contribution in [0.1, 0.15) is 36.1 Å². The van der Waals surface area contributed by atoms with Crippen molar-refractivity contribution >= 4 is 0 Å². The summed E-state index contributed by atoms with van der Waals surface area (Å²) in [7, 11) is 0. The van der Waals surface area contributed by atoms with Gasteiger partial charge in [0, 0.05) is 12.8 Å². The lowest BCUT2D eigenvalue weighted by Gasteiger charge is -2.20. The lowest BCUT2D eigenvalue weighted by atomic mass is 9.94. The van der Waals surface area contributed by atoms with Crippen LogP contribution in [0, 0.1) is 13.8 Å².